The Labute approximate surface area is 122 Å². The summed E-state index contributed by atoms with van der Waals surface area (Å²) >= 11 is 3.03. The summed E-state index contributed by atoms with van der Waals surface area (Å²) < 4.78 is 53.3. The molecule has 0 aliphatic carbocycles. The van der Waals surface area contributed by atoms with Crippen LogP contribution < -0.4 is 10.5 Å². The van der Waals surface area contributed by atoms with Crippen molar-refractivity contribution in [3.05, 3.63) is 52.5 Å². The standard InChI is InChI=1S/C12H9BrF2N2O2S/c13-8-2-1-3-9(15)12(8)17-20(18,19)11-6-7(14)4-5-10(11)16/h1-6,17H,16H2. The number of hydrogen-bond donors (Lipinski definition) is 2. The second-order valence-electron chi connectivity index (χ2n) is 3.88. The molecular formula is C12H9BrF2N2O2S. The van der Waals surface area contributed by atoms with E-state index in [0.29, 0.717) is 0 Å². The van der Waals surface area contributed by atoms with Gasteiger partial charge in [-0.25, -0.2) is 17.2 Å². The van der Waals surface area contributed by atoms with Crippen LogP contribution in [0.25, 0.3) is 0 Å². The second-order valence-corrected chi connectivity index (χ2v) is 6.39. The second kappa shape index (κ2) is 5.37. The maximum Gasteiger partial charge on any atom is 0.264 e. The van der Waals surface area contributed by atoms with Gasteiger partial charge in [-0.05, 0) is 46.3 Å². The molecule has 0 aliphatic heterocycles. The molecule has 0 saturated carbocycles. The largest absolute Gasteiger partial charge is 0.398 e. The molecule has 0 unspecified atom stereocenters. The van der Waals surface area contributed by atoms with Crippen LogP contribution >= 0.6 is 15.9 Å². The van der Waals surface area contributed by atoms with E-state index >= 15 is 0 Å². The van der Waals surface area contributed by atoms with Crippen molar-refractivity contribution in [3.8, 4) is 0 Å². The summed E-state index contributed by atoms with van der Waals surface area (Å²) in [5.74, 6) is -1.52. The Bertz CT molecular complexity index is 746. The van der Waals surface area contributed by atoms with E-state index in [1.165, 1.54) is 12.1 Å². The highest BCUT2D eigenvalue weighted by Crippen LogP contribution is 2.29. The summed E-state index contributed by atoms with van der Waals surface area (Å²) in [5.41, 5.74) is 5.11. The lowest BCUT2D eigenvalue weighted by Gasteiger charge is -2.12. The first-order valence-corrected chi connectivity index (χ1v) is 7.61. The van der Waals surface area contributed by atoms with Crippen molar-refractivity contribution in [3.63, 3.8) is 0 Å². The van der Waals surface area contributed by atoms with Crippen LogP contribution in [0, 0.1) is 11.6 Å². The zero-order valence-electron chi connectivity index (χ0n) is 9.90. The quantitative estimate of drug-likeness (QED) is 0.824. The van der Waals surface area contributed by atoms with Crippen molar-refractivity contribution in [2.45, 2.75) is 4.90 Å². The predicted molar refractivity (Wildman–Crippen MR) is 75.7 cm³/mol. The van der Waals surface area contributed by atoms with E-state index in [4.69, 9.17) is 5.73 Å². The zero-order chi connectivity index (χ0) is 14.9. The first-order valence-electron chi connectivity index (χ1n) is 5.33. The highest BCUT2D eigenvalue weighted by Gasteiger charge is 2.21. The molecule has 106 valence electrons. The molecule has 8 heteroatoms. The van der Waals surface area contributed by atoms with Crippen molar-refractivity contribution < 1.29 is 17.2 Å². The van der Waals surface area contributed by atoms with Crippen molar-refractivity contribution >= 4 is 37.3 Å². The topological polar surface area (TPSA) is 72.2 Å². The zero-order valence-corrected chi connectivity index (χ0v) is 12.3. The third-order valence-electron chi connectivity index (χ3n) is 2.46. The van der Waals surface area contributed by atoms with Crippen molar-refractivity contribution in [1.82, 2.24) is 0 Å². The van der Waals surface area contributed by atoms with Crippen LogP contribution in [0.4, 0.5) is 20.2 Å². The molecule has 0 atom stereocenters. The summed E-state index contributed by atoms with van der Waals surface area (Å²) in [7, 11) is -4.20. The van der Waals surface area contributed by atoms with Crippen LogP contribution in [0.2, 0.25) is 0 Å². The van der Waals surface area contributed by atoms with Crippen molar-refractivity contribution in [2.24, 2.45) is 0 Å². The molecule has 0 heterocycles. The third kappa shape index (κ3) is 2.91. The average Bonchev–Trinajstić information content (AvgIpc) is 2.37. The van der Waals surface area contributed by atoms with Crippen LogP contribution in [0.1, 0.15) is 0 Å². The Morgan fingerprint density at radius 1 is 1.15 bits per heavy atom. The number of anilines is 2. The van der Waals surface area contributed by atoms with Crippen LogP contribution in [-0.2, 0) is 10.0 Å². The molecule has 0 bridgehead atoms. The molecule has 0 fully saturated rings. The molecule has 0 radical (unpaired) electrons. The van der Waals surface area contributed by atoms with Crippen LogP contribution in [0.3, 0.4) is 0 Å². The smallest absolute Gasteiger partial charge is 0.264 e. The van der Waals surface area contributed by atoms with Gasteiger partial charge in [0.15, 0.2) is 0 Å². The number of para-hydroxylation sites is 1. The van der Waals surface area contributed by atoms with Gasteiger partial charge in [0, 0.05) is 4.47 Å². The van der Waals surface area contributed by atoms with Gasteiger partial charge in [-0.2, -0.15) is 0 Å². The Hall–Kier alpha value is -1.67. The van der Waals surface area contributed by atoms with Gasteiger partial charge in [-0.1, -0.05) is 6.07 Å². The minimum atomic E-state index is -4.20. The average molecular weight is 363 g/mol. The number of nitrogens with one attached hydrogen (secondary N) is 1. The molecule has 20 heavy (non-hydrogen) atoms. The van der Waals surface area contributed by atoms with Gasteiger partial charge in [0.05, 0.1) is 11.4 Å². The summed E-state index contributed by atoms with van der Waals surface area (Å²) in [6, 6.07) is 6.90. The van der Waals surface area contributed by atoms with E-state index in [-0.39, 0.29) is 15.8 Å². The molecule has 0 aliphatic rings. The fraction of sp³-hybridized carbons (Fsp3) is 0. The fourth-order valence-corrected chi connectivity index (χ4v) is 3.33. The molecule has 3 N–H and O–H groups in total. The summed E-state index contributed by atoms with van der Waals surface area (Å²) in [6.07, 6.45) is 0. The van der Waals surface area contributed by atoms with E-state index in [1.54, 1.807) is 0 Å². The Morgan fingerprint density at radius 2 is 1.85 bits per heavy atom. The lowest BCUT2D eigenvalue weighted by Crippen LogP contribution is -2.16. The number of hydrogen-bond acceptors (Lipinski definition) is 3. The normalized spacial score (nSPS) is 11.3. The highest BCUT2D eigenvalue weighted by atomic mass is 79.9. The number of nitrogen functional groups attached to an aromatic ring is 1. The molecule has 0 spiro atoms. The molecular weight excluding hydrogens is 354 g/mol. The summed E-state index contributed by atoms with van der Waals surface area (Å²) in [5, 5.41) is 0. The Kier molecular flexibility index (Phi) is 3.96. The number of halogens is 3. The molecule has 0 saturated heterocycles. The molecule has 2 rings (SSSR count). The lowest BCUT2D eigenvalue weighted by molar-refractivity contribution is 0.594. The SMILES string of the molecule is Nc1ccc(F)cc1S(=O)(=O)Nc1c(F)cccc1Br. The van der Waals surface area contributed by atoms with Crippen LogP contribution in [-0.4, -0.2) is 8.42 Å². The third-order valence-corrected chi connectivity index (χ3v) is 4.53. The number of nitrogens with two attached hydrogens (primary N) is 1. The van der Waals surface area contributed by atoms with Crippen LogP contribution in [0.5, 0.6) is 0 Å². The van der Waals surface area contributed by atoms with Gasteiger partial charge in [-0.3, -0.25) is 4.72 Å². The van der Waals surface area contributed by atoms with E-state index in [1.807, 2.05) is 4.72 Å². The number of sulfonamides is 1. The Morgan fingerprint density at radius 3 is 2.50 bits per heavy atom. The first kappa shape index (κ1) is 14.7. The van der Waals surface area contributed by atoms with E-state index < -0.39 is 26.6 Å². The Balaban J connectivity index is 2.49. The maximum absolute atomic E-state index is 13.6. The van der Waals surface area contributed by atoms with E-state index in [0.717, 1.165) is 24.3 Å². The van der Waals surface area contributed by atoms with Crippen molar-refractivity contribution in [2.75, 3.05) is 10.5 Å². The maximum atomic E-state index is 13.6. The van der Waals surface area contributed by atoms with E-state index in [9.17, 15) is 17.2 Å². The van der Waals surface area contributed by atoms with Gasteiger partial charge in [0.25, 0.3) is 10.0 Å². The number of rotatable bonds is 3. The molecule has 0 aromatic heterocycles. The monoisotopic (exact) mass is 362 g/mol. The lowest BCUT2D eigenvalue weighted by atomic mass is 10.3. The number of benzene rings is 2. The predicted octanol–water partition coefficient (Wildman–Crippen LogP) is 3.11. The summed E-state index contributed by atoms with van der Waals surface area (Å²) in [6.45, 7) is 0. The minimum absolute atomic E-state index is 0.133. The molecule has 0 amide bonds. The first-order chi connectivity index (χ1) is 9.31. The highest BCUT2D eigenvalue weighted by molar-refractivity contribution is 9.10. The van der Waals surface area contributed by atoms with Gasteiger partial charge >= 0.3 is 0 Å². The molecule has 2 aromatic carbocycles. The minimum Gasteiger partial charge on any atom is -0.398 e. The summed E-state index contributed by atoms with van der Waals surface area (Å²) in [4.78, 5) is -0.451. The molecule has 2 aromatic rings. The van der Waals surface area contributed by atoms with Gasteiger partial charge in [0.2, 0.25) is 0 Å². The van der Waals surface area contributed by atoms with Gasteiger partial charge in [0.1, 0.15) is 16.5 Å². The van der Waals surface area contributed by atoms with Crippen molar-refractivity contribution in [1.29, 1.82) is 0 Å². The van der Waals surface area contributed by atoms with Gasteiger partial charge < -0.3 is 5.73 Å². The molecule has 4 nitrogen and oxygen atoms in total. The van der Waals surface area contributed by atoms with Crippen LogP contribution in [0.15, 0.2) is 45.8 Å². The van der Waals surface area contributed by atoms with E-state index in [2.05, 4.69) is 15.9 Å². The fourth-order valence-electron chi connectivity index (χ4n) is 1.53. The van der Waals surface area contributed by atoms with Gasteiger partial charge in [-0.15, -0.1) is 0 Å².